The van der Waals surface area contributed by atoms with Crippen LogP contribution in [-0.4, -0.2) is 58.0 Å². The Balaban J connectivity index is 1.45. The highest BCUT2D eigenvalue weighted by Gasteiger charge is 2.18. The van der Waals surface area contributed by atoms with Crippen molar-refractivity contribution in [3.8, 4) is 11.5 Å². The van der Waals surface area contributed by atoms with E-state index in [2.05, 4.69) is 26.1 Å². The fourth-order valence-corrected chi connectivity index (χ4v) is 3.40. The summed E-state index contributed by atoms with van der Waals surface area (Å²) in [4.78, 5) is 16.4. The number of nitrogens with zero attached hydrogens (tertiary/aromatic N) is 4. The molecule has 30 heavy (non-hydrogen) atoms. The van der Waals surface area contributed by atoms with E-state index in [9.17, 15) is 4.79 Å². The fourth-order valence-electron chi connectivity index (χ4n) is 3.40. The summed E-state index contributed by atoms with van der Waals surface area (Å²) < 4.78 is 13.4. The van der Waals surface area contributed by atoms with Gasteiger partial charge in [-0.15, -0.1) is 10.2 Å². The molecule has 4 rings (SSSR count). The Labute approximate surface area is 174 Å². The quantitative estimate of drug-likeness (QED) is 0.509. The third kappa shape index (κ3) is 4.17. The Kier molecular flexibility index (Phi) is 5.73. The summed E-state index contributed by atoms with van der Waals surface area (Å²) >= 11 is 0. The lowest BCUT2D eigenvalue weighted by molar-refractivity contribution is 0.172. The number of fused-ring (bicyclic) bond motifs is 4. The van der Waals surface area contributed by atoms with Crippen molar-refractivity contribution >= 4 is 28.5 Å². The van der Waals surface area contributed by atoms with Gasteiger partial charge in [0.25, 0.3) is 0 Å². The van der Waals surface area contributed by atoms with E-state index in [1.165, 1.54) is 0 Å². The molecule has 3 N–H and O–H groups in total. The van der Waals surface area contributed by atoms with Crippen molar-refractivity contribution in [3.63, 3.8) is 0 Å². The number of carbonyl (C=O) groups excluding carboxylic acids is 1. The van der Waals surface area contributed by atoms with E-state index in [0.717, 1.165) is 29.7 Å². The minimum atomic E-state index is -0.135. The van der Waals surface area contributed by atoms with Gasteiger partial charge >= 0.3 is 6.03 Å². The number of nitrogens with one attached hydrogen (secondary N) is 3. The number of hydrogen-bond donors (Lipinski definition) is 3. The summed E-state index contributed by atoms with van der Waals surface area (Å²) in [6.45, 7) is 8.16. The van der Waals surface area contributed by atoms with Gasteiger partial charge in [-0.1, -0.05) is 0 Å². The molecule has 3 aromatic rings. The van der Waals surface area contributed by atoms with Gasteiger partial charge in [-0.25, -0.2) is 9.78 Å². The fraction of sp³-hybridized carbons (Fsp3) is 0.500. The first kappa shape index (κ1) is 20.0. The predicted octanol–water partition coefficient (Wildman–Crippen LogP) is 2.26. The maximum absolute atomic E-state index is 11.6. The van der Waals surface area contributed by atoms with E-state index in [0.29, 0.717) is 49.3 Å². The second-order valence-electron chi connectivity index (χ2n) is 7.54. The van der Waals surface area contributed by atoms with Gasteiger partial charge in [0.1, 0.15) is 19.0 Å². The number of amides is 2. The molecule has 0 unspecified atom stereocenters. The minimum absolute atomic E-state index is 0.127. The van der Waals surface area contributed by atoms with Crippen LogP contribution in [0.2, 0.25) is 0 Å². The van der Waals surface area contributed by atoms with Gasteiger partial charge in [0, 0.05) is 31.3 Å². The van der Waals surface area contributed by atoms with Crippen LogP contribution in [0.15, 0.2) is 12.1 Å². The number of hydrogen-bond acceptors (Lipinski definition) is 7. The first-order valence-corrected chi connectivity index (χ1v) is 10.3. The van der Waals surface area contributed by atoms with Crippen molar-refractivity contribution in [1.29, 1.82) is 0 Å². The summed E-state index contributed by atoms with van der Waals surface area (Å²) in [5.41, 5.74) is 2.33. The molecule has 0 radical (unpaired) electrons. The Bertz CT molecular complexity index is 1060. The van der Waals surface area contributed by atoms with E-state index in [-0.39, 0.29) is 12.1 Å². The Hall–Kier alpha value is -3.30. The molecule has 0 saturated heterocycles. The lowest BCUT2D eigenvalue weighted by atomic mass is 10.2. The average Bonchev–Trinajstić information content (AvgIpc) is 3.10. The molecule has 0 saturated carbocycles. The summed E-state index contributed by atoms with van der Waals surface area (Å²) in [5, 5.41) is 17.5. The van der Waals surface area contributed by atoms with E-state index < -0.39 is 0 Å². The number of urea groups is 1. The molecule has 0 bridgehead atoms. The molecular weight excluding hydrogens is 386 g/mol. The molecule has 1 aliphatic rings. The normalized spacial score (nSPS) is 13.1. The van der Waals surface area contributed by atoms with Crippen LogP contribution in [0, 0.1) is 6.92 Å². The third-order valence-electron chi connectivity index (χ3n) is 4.75. The first-order valence-electron chi connectivity index (χ1n) is 10.3. The molecule has 2 aromatic heterocycles. The van der Waals surface area contributed by atoms with E-state index >= 15 is 0 Å². The molecule has 0 aliphatic carbocycles. The maximum atomic E-state index is 11.6. The standard InChI is InChI=1S/C20H27N7O3/c1-12(2)23-20(28)22-7-5-4-6-21-18-19-26-25-13(3)27(19)15-11-17-16(10-14(15)24-18)29-8-9-30-17/h10-12H,4-9H2,1-3H3,(H,21,24)(H2,22,23,28). The van der Waals surface area contributed by atoms with E-state index in [1.54, 1.807) is 0 Å². The molecule has 0 spiro atoms. The van der Waals surface area contributed by atoms with Gasteiger partial charge in [-0.2, -0.15) is 0 Å². The van der Waals surface area contributed by atoms with Crippen LogP contribution >= 0.6 is 0 Å². The van der Waals surface area contributed by atoms with Crippen LogP contribution in [-0.2, 0) is 0 Å². The van der Waals surface area contributed by atoms with Gasteiger partial charge in [-0.05, 0) is 33.6 Å². The Morgan fingerprint density at radius 2 is 1.87 bits per heavy atom. The maximum Gasteiger partial charge on any atom is 0.314 e. The van der Waals surface area contributed by atoms with Crippen LogP contribution in [0.25, 0.3) is 16.7 Å². The van der Waals surface area contributed by atoms with Crippen LogP contribution in [0.1, 0.15) is 32.5 Å². The molecule has 1 aliphatic heterocycles. The van der Waals surface area contributed by atoms with Gasteiger partial charge in [-0.3, -0.25) is 4.40 Å². The highest BCUT2D eigenvalue weighted by atomic mass is 16.6. The monoisotopic (exact) mass is 413 g/mol. The zero-order valence-electron chi connectivity index (χ0n) is 17.5. The number of carbonyl (C=O) groups is 1. The largest absolute Gasteiger partial charge is 0.486 e. The minimum Gasteiger partial charge on any atom is -0.486 e. The average molecular weight is 413 g/mol. The van der Waals surface area contributed by atoms with Crippen molar-refractivity contribution in [2.75, 3.05) is 31.6 Å². The molecule has 160 valence electrons. The van der Waals surface area contributed by atoms with Crippen molar-refractivity contribution in [3.05, 3.63) is 18.0 Å². The lowest BCUT2D eigenvalue weighted by Gasteiger charge is -2.19. The number of benzene rings is 1. The third-order valence-corrected chi connectivity index (χ3v) is 4.75. The molecule has 3 heterocycles. The number of anilines is 1. The summed E-state index contributed by atoms with van der Waals surface area (Å²) in [6, 6.07) is 3.81. The second-order valence-corrected chi connectivity index (χ2v) is 7.54. The highest BCUT2D eigenvalue weighted by Crippen LogP contribution is 2.35. The van der Waals surface area contributed by atoms with Crippen LogP contribution in [0.3, 0.4) is 0 Å². The Morgan fingerprint density at radius 3 is 2.63 bits per heavy atom. The Morgan fingerprint density at radius 1 is 1.13 bits per heavy atom. The van der Waals surface area contributed by atoms with Gasteiger partial charge < -0.3 is 25.4 Å². The van der Waals surface area contributed by atoms with Crippen LogP contribution in [0.4, 0.5) is 10.6 Å². The zero-order chi connectivity index (χ0) is 21.1. The van der Waals surface area contributed by atoms with Crippen molar-refractivity contribution in [2.24, 2.45) is 0 Å². The van der Waals surface area contributed by atoms with Crippen molar-refractivity contribution in [2.45, 2.75) is 39.7 Å². The second kappa shape index (κ2) is 8.60. The van der Waals surface area contributed by atoms with Crippen LogP contribution in [0.5, 0.6) is 11.5 Å². The van der Waals surface area contributed by atoms with Gasteiger partial charge in [0.15, 0.2) is 17.3 Å². The SMILES string of the molecule is Cc1nnc2c(NCCCCNC(=O)NC(C)C)nc3cc4c(cc3n12)OCCO4. The van der Waals surface area contributed by atoms with Crippen molar-refractivity contribution < 1.29 is 14.3 Å². The van der Waals surface area contributed by atoms with Crippen molar-refractivity contribution in [1.82, 2.24) is 30.2 Å². The summed E-state index contributed by atoms with van der Waals surface area (Å²) in [5.74, 6) is 2.85. The summed E-state index contributed by atoms with van der Waals surface area (Å²) in [6.07, 6.45) is 1.73. The van der Waals surface area contributed by atoms with E-state index in [4.69, 9.17) is 14.5 Å². The predicted molar refractivity (Wildman–Crippen MR) is 113 cm³/mol. The molecule has 0 fully saturated rings. The number of aryl methyl sites for hydroxylation is 1. The van der Waals surface area contributed by atoms with Gasteiger partial charge in [0.05, 0.1) is 11.0 Å². The first-order chi connectivity index (χ1) is 14.5. The number of ether oxygens (including phenoxy) is 2. The molecular formula is C20H27N7O3. The molecule has 2 amide bonds. The number of unbranched alkanes of at least 4 members (excludes halogenated alkanes) is 1. The van der Waals surface area contributed by atoms with E-state index in [1.807, 2.05) is 37.3 Å². The topological polar surface area (TPSA) is 115 Å². The highest BCUT2D eigenvalue weighted by molar-refractivity contribution is 5.86. The summed E-state index contributed by atoms with van der Waals surface area (Å²) in [7, 11) is 0. The molecule has 10 heteroatoms. The molecule has 0 atom stereocenters. The molecule has 10 nitrogen and oxygen atoms in total. The number of aromatic nitrogens is 4. The zero-order valence-corrected chi connectivity index (χ0v) is 17.5. The smallest absolute Gasteiger partial charge is 0.314 e. The van der Waals surface area contributed by atoms with Crippen LogP contribution < -0.4 is 25.4 Å². The molecule has 1 aromatic carbocycles. The van der Waals surface area contributed by atoms with Gasteiger partial charge in [0.2, 0.25) is 5.65 Å². The lowest BCUT2D eigenvalue weighted by Crippen LogP contribution is -2.39. The number of rotatable bonds is 7.